The first-order valence-corrected chi connectivity index (χ1v) is 10.4. The topological polar surface area (TPSA) is 24.5 Å². The molecule has 0 spiro atoms. The number of piperazine rings is 1. The van der Waals surface area contributed by atoms with Crippen LogP contribution in [-0.2, 0) is 11.2 Å². The molecule has 0 radical (unpaired) electrons. The quantitative estimate of drug-likeness (QED) is 0.801. The van der Waals surface area contributed by atoms with Crippen LogP contribution in [0, 0.1) is 6.92 Å². The van der Waals surface area contributed by atoms with E-state index in [9.17, 15) is 0 Å². The lowest BCUT2D eigenvalue weighted by Gasteiger charge is -2.38. The second-order valence-electron chi connectivity index (χ2n) is 7.40. The molecule has 2 aliphatic rings. The van der Waals surface area contributed by atoms with Crippen LogP contribution in [0.5, 0.6) is 0 Å². The van der Waals surface area contributed by atoms with E-state index >= 15 is 0 Å². The van der Waals surface area contributed by atoms with Crippen molar-refractivity contribution in [3.05, 3.63) is 69.2 Å². The van der Waals surface area contributed by atoms with E-state index in [1.165, 1.54) is 22.3 Å². The number of hydrogen-bond donors (Lipinski definition) is 1. The molecule has 1 saturated heterocycles. The molecule has 2 heterocycles. The van der Waals surface area contributed by atoms with E-state index in [0.29, 0.717) is 6.04 Å². The van der Waals surface area contributed by atoms with Gasteiger partial charge >= 0.3 is 0 Å². The second kappa shape index (κ2) is 8.22. The van der Waals surface area contributed by atoms with Crippen molar-refractivity contribution in [2.45, 2.75) is 31.9 Å². The van der Waals surface area contributed by atoms with Gasteiger partial charge in [0.1, 0.15) is 0 Å². The van der Waals surface area contributed by atoms with Crippen LogP contribution in [0.3, 0.4) is 0 Å². The maximum Gasteiger partial charge on any atom is 0.0846 e. The van der Waals surface area contributed by atoms with Crippen LogP contribution in [0.25, 0.3) is 0 Å². The summed E-state index contributed by atoms with van der Waals surface area (Å²) in [6.45, 7) is 7.30. The number of nitrogens with zero attached hydrogens (tertiary/aromatic N) is 1. The molecule has 26 heavy (non-hydrogen) atoms. The number of nitrogens with one attached hydrogen (secondary N) is 1. The third-order valence-corrected chi connectivity index (χ3v) is 6.13. The summed E-state index contributed by atoms with van der Waals surface area (Å²) in [5.41, 5.74) is 5.52. The molecule has 0 saturated carbocycles. The summed E-state index contributed by atoms with van der Waals surface area (Å²) < 4.78 is 7.41. The van der Waals surface area contributed by atoms with E-state index in [1.807, 2.05) is 0 Å². The number of benzene rings is 2. The molecule has 1 N–H and O–H groups in total. The van der Waals surface area contributed by atoms with Gasteiger partial charge < -0.3 is 10.1 Å². The number of rotatable bonds is 4. The van der Waals surface area contributed by atoms with Gasteiger partial charge in [-0.15, -0.1) is 0 Å². The number of fused-ring (bicyclic) bond motifs is 1. The van der Waals surface area contributed by atoms with E-state index < -0.39 is 0 Å². The summed E-state index contributed by atoms with van der Waals surface area (Å²) >= 11 is 3.61. The summed E-state index contributed by atoms with van der Waals surface area (Å²) in [4.78, 5) is 2.62. The summed E-state index contributed by atoms with van der Waals surface area (Å²) in [5, 5.41) is 3.48. The lowest BCUT2D eigenvalue weighted by atomic mass is 9.90. The SMILES string of the molecule is Cc1ccc(C(CC2OCCc3cc(Br)ccc32)N2CCNCC2)cc1. The van der Waals surface area contributed by atoms with Crippen LogP contribution < -0.4 is 5.32 Å². The Balaban J connectivity index is 1.62. The molecule has 2 atom stereocenters. The molecule has 4 heteroatoms. The molecular formula is C22H27BrN2O. The minimum atomic E-state index is 0.174. The average molecular weight is 415 g/mol. The van der Waals surface area contributed by atoms with Gasteiger partial charge in [-0.3, -0.25) is 4.90 Å². The number of aryl methyl sites for hydroxylation is 1. The van der Waals surface area contributed by atoms with Gasteiger partial charge in [-0.25, -0.2) is 0 Å². The van der Waals surface area contributed by atoms with Gasteiger partial charge in [0.2, 0.25) is 0 Å². The molecule has 0 aromatic heterocycles. The summed E-state index contributed by atoms with van der Waals surface area (Å²) in [5.74, 6) is 0. The van der Waals surface area contributed by atoms with E-state index in [-0.39, 0.29) is 6.10 Å². The number of ether oxygens (including phenoxy) is 1. The van der Waals surface area contributed by atoms with Crippen molar-refractivity contribution in [3.63, 3.8) is 0 Å². The average Bonchev–Trinajstić information content (AvgIpc) is 2.67. The highest BCUT2D eigenvalue weighted by molar-refractivity contribution is 9.10. The Hall–Kier alpha value is -1.20. The fourth-order valence-electron chi connectivity index (χ4n) is 4.18. The van der Waals surface area contributed by atoms with Crippen LogP contribution in [0.4, 0.5) is 0 Å². The molecule has 2 aromatic carbocycles. The zero-order chi connectivity index (χ0) is 17.9. The number of halogens is 1. The molecule has 2 aliphatic heterocycles. The van der Waals surface area contributed by atoms with Gasteiger partial charge in [-0.1, -0.05) is 51.8 Å². The molecule has 0 aliphatic carbocycles. The Bertz CT molecular complexity index is 740. The lowest BCUT2D eigenvalue weighted by Crippen LogP contribution is -2.45. The van der Waals surface area contributed by atoms with Crippen molar-refractivity contribution in [1.82, 2.24) is 10.2 Å². The highest BCUT2D eigenvalue weighted by atomic mass is 79.9. The Labute approximate surface area is 164 Å². The van der Waals surface area contributed by atoms with Gasteiger partial charge in [0.05, 0.1) is 12.7 Å². The Morgan fingerprint density at radius 2 is 1.92 bits per heavy atom. The normalized spacial score (nSPS) is 22.0. The maximum absolute atomic E-state index is 6.25. The standard InChI is InChI=1S/C22H27BrN2O/c1-16-2-4-17(5-3-16)21(25-11-9-24-10-12-25)15-22-20-7-6-19(23)14-18(20)8-13-26-22/h2-7,14,21-22,24H,8-13,15H2,1H3. The van der Waals surface area contributed by atoms with Gasteiger partial charge in [-0.05, 0) is 48.6 Å². The predicted molar refractivity (Wildman–Crippen MR) is 110 cm³/mol. The van der Waals surface area contributed by atoms with Crippen LogP contribution in [0.1, 0.15) is 40.8 Å². The van der Waals surface area contributed by atoms with E-state index in [1.54, 1.807) is 0 Å². The van der Waals surface area contributed by atoms with Crippen LogP contribution in [-0.4, -0.2) is 37.7 Å². The van der Waals surface area contributed by atoms with Crippen molar-refractivity contribution in [2.24, 2.45) is 0 Å². The lowest BCUT2D eigenvalue weighted by molar-refractivity contribution is 0.0119. The first-order valence-electron chi connectivity index (χ1n) is 9.62. The van der Waals surface area contributed by atoms with Crippen molar-refractivity contribution >= 4 is 15.9 Å². The number of hydrogen-bond acceptors (Lipinski definition) is 3. The summed E-state index contributed by atoms with van der Waals surface area (Å²) in [6, 6.07) is 16.1. The Morgan fingerprint density at radius 1 is 1.15 bits per heavy atom. The van der Waals surface area contributed by atoms with Crippen molar-refractivity contribution < 1.29 is 4.74 Å². The van der Waals surface area contributed by atoms with Crippen LogP contribution >= 0.6 is 15.9 Å². The van der Waals surface area contributed by atoms with Crippen molar-refractivity contribution in [1.29, 1.82) is 0 Å². The van der Waals surface area contributed by atoms with E-state index in [4.69, 9.17) is 4.74 Å². The van der Waals surface area contributed by atoms with Crippen LogP contribution in [0.2, 0.25) is 0 Å². The Kier molecular flexibility index (Phi) is 5.75. The minimum Gasteiger partial charge on any atom is -0.373 e. The third-order valence-electron chi connectivity index (χ3n) is 5.63. The largest absolute Gasteiger partial charge is 0.373 e. The molecule has 0 bridgehead atoms. The molecule has 138 valence electrons. The van der Waals surface area contributed by atoms with Gasteiger partial charge in [0.25, 0.3) is 0 Å². The molecule has 0 amide bonds. The monoisotopic (exact) mass is 414 g/mol. The van der Waals surface area contributed by atoms with Gasteiger partial charge in [-0.2, -0.15) is 0 Å². The molecule has 4 rings (SSSR count). The van der Waals surface area contributed by atoms with Crippen molar-refractivity contribution in [3.8, 4) is 0 Å². The fourth-order valence-corrected chi connectivity index (χ4v) is 4.59. The molecular weight excluding hydrogens is 388 g/mol. The summed E-state index contributed by atoms with van der Waals surface area (Å²) in [7, 11) is 0. The molecule has 2 unspecified atom stereocenters. The zero-order valence-electron chi connectivity index (χ0n) is 15.4. The predicted octanol–water partition coefficient (Wildman–Crippen LogP) is 4.41. The highest BCUT2D eigenvalue weighted by Crippen LogP contribution is 2.38. The first kappa shape index (κ1) is 18.2. The molecule has 3 nitrogen and oxygen atoms in total. The zero-order valence-corrected chi connectivity index (χ0v) is 17.0. The van der Waals surface area contributed by atoms with Gasteiger partial charge in [0, 0.05) is 36.7 Å². The second-order valence-corrected chi connectivity index (χ2v) is 8.32. The van der Waals surface area contributed by atoms with Crippen molar-refractivity contribution in [2.75, 3.05) is 32.8 Å². The maximum atomic E-state index is 6.25. The van der Waals surface area contributed by atoms with Gasteiger partial charge in [0.15, 0.2) is 0 Å². The summed E-state index contributed by atoms with van der Waals surface area (Å²) in [6.07, 6.45) is 2.19. The molecule has 2 aromatic rings. The van der Waals surface area contributed by atoms with Crippen LogP contribution in [0.15, 0.2) is 46.9 Å². The fraction of sp³-hybridized carbons (Fsp3) is 0.455. The third kappa shape index (κ3) is 4.04. The first-order chi connectivity index (χ1) is 12.7. The van der Waals surface area contributed by atoms with E-state index in [0.717, 1.165) is 50.1 Å². The smallest absolute Gasteiger partial charge is 0.0846 e. The highest BCUT2D eigenvalue weighted by Gasteiger charge is 2.29. The minimum absolute atomic E-state index is 0.174. The Morgan fingerprint density at radius 3 is 2.69 bits per heavy atom. The molecule has 1 fully saturated rings. The van der Waals surface area contributed by atoms with E-state index in [2.05, 4.69) is 75.5 Å².